The molecule has 17 heavy (non-hydrogen) atoms. The fourth-order valence-corrected chi connectivity index (χ4v) is 1.59. The number of amides is 1. The van der Waals surface area contributed by atoms with Crippen LogP contribution in [-0.2, 0) is 4.74 Å². The highest BCUT2D eigenvalue weighted by Gasteiger charge is 2.18. The van der Waals surface area contributed by atoms with Crippen molar-refractivity contribution in [3.05, 3.63) is 22.6 Å². The lowest BCUT2D eigenvalue weighted by molar-refractivity contribution is 0.0667. The number of halogens is 1. The Morgan fingerprint density at radius 1 is 1.59 bits per heavy atom. The van der Waals surface area contributed by atoms with Crippen molar-refractivity contribution in [1.29, 1.82) is 5.26 Å². The molecule has 1 rings (SSSR count). The number of nitrogens with zero attached hydrogens (tertiary/aromatic N) is 2. The van der Waals surface area contributed by atoms with Crippen LogP contribution in [0.5, 0.6) is 0 Å². The Morgan fingerprint density at radius 2 is 2.35 bits per heavy atom. The Bertz CT molecular complexity index is 411. The quantitative estimate of drug-likeness (QED) is 0.806. The first-order valence-corrected chi connectivity index (χ1v) is 5.89. The predicted molar refractivity (Wildman–Crippen MR) is 64.4 cm³/mol. The van der Waals surface area contributed by atoms with Gasteiger partial charge in [0.25, 0.3) is 5.91 Å². The van der Waals surface area contributed by atoms with E-state index in [0.717, 1.165) is 0 Å². The topological polar surface area (TPSA) is 66.5 Å². The van der Waals surface area contributed by atoms with Crippen molar-refractivity contribution >= 4 is 21.8 Å². The second-order valence-electron chi connectivity index (χ2n) is 3.30. The Kier molecular flexibility index (Phi) is 5.73. The molecule has 0 spiro atoms. The zero-order valence-corrected chi connectivity index (χ0v) is 11.1. The van der Waals surface area contributed by atoms with Gasteiger partial charge >= 0.3 is 0 Å². The summed E-state index contributed by atoms with van der Waals surface area (Å²) < 4.78 is 10.6. The number of methoxy groups -OCH3 is 1. The molecule has 0 radical (unpaired) electrons. The van der Waals surface area contributed by atoms with Gasteiger partial charge in [-0.15, -0.1) is 0 Å². The molecule has 0 aliphatic heterocycles. The van der Waals surface area contributed by atoms with Crippen LogP contribution < -0.4 is 0 Å². The molecule has 0 atom stereocenters. The molecule has 6 heteroatoms. The number of carbonyl (C=O) groups is 1. The van der Waals surface area contributed by atoms with Crippen molar-refractivity contribution in [2.75, 3.05) is 26.8 Å². The zero-order chi connectivity index (χ0) is 12.7. The molecule has 0 aromatic carbocycles. The van der Waals surface area contributed by atoms with E-state index in [0.29, 0.717) is 24.4 Å². The zero-order valence-electron chi connectivity index (χ0n) is 9.48. The van der Waals surface area contributed by atoms with Crippen LogP contribution in [0.4, 0.5) is 0 Å². The summed E-state index contributed by atoms with van der Waals surface area (Å²) in [5.41, 5.74) is 0. The Morgan fingerprint density at radius 3 is 2.88 bits per heavy atom. The molecule has 0 aliphatic carbocycles. The van der Waals surface area contributed by atoms with Gasteiger partial charge in [0.15, 0.2) is 10.4 Å². The van der Waals surface area contributed by atoms with Gasteiger partial charge in [-0.2, -0.15) is 5.26 Å². The summed E-state index contributed by atoms with van der Waals surface area (Å²) in [6.45, 7) is 1.24. The van der Waals surface area contributed by atoms with Crippen molar-refractivity contribution in [3.63, 3.8) is 0 Å². The summed E-state index contributed by atoms with van der Waals surface area (Å²) in [7, 11) is 1.57. The number of nitriles is 1. The van der Waals surface area contributed by atoms with E-state index in [4.69, 9.17) is 14.4 Å². The normalized spacial score (nSPS) is 9.94. The van der Waals surface area contributed by atoms with Crippen LogP contribution >= 0.6 is 15.9 Å². The maximum absolute atomic E-state index is 12.0. The van der Waals surface area contributed by atoms with Crippen LogP contribution in [0.15, 0.2) is 21.2 Å². The molecule has 0 aliphatic rings. The van der Waals surface area contributed by atoms with Gasteiger partial charge in [-0.25, -0.2) is 0 Å². The average molecular weight is 301 g/mol. The highest BCUT2D eigenvalue weighted by Crippen LogP contribution is 2.15. The lowest BCUT2D eigenvalue weighted by Crippen LogP contribution is -2.34. The molecule has 92 valence electrons. The van der Waals surface area contributed by atoms with E-state index in [-0.39, 0.29) is 18.1 Å². The molecule has 0 fully saturated rings. The summed E-state index contributed by atoms with van der Waals surface area (Å²) in [5.74, 6) is 0.0221. The lowest BCUT2D eigenvalue weighted by Gasteiger charge is -2.19. The Labute approximate surface area is 108 Å². The molecule has 1 amide bonds. The van der Waals surface area contributed by atoms with Crippen molar-refractivity contribution in [2.24, 2.45) is 0 Å². The average Bonchev–Trinajstić information content (AvgIpc) is 2.75. The first-order chi connectivity index (χ1) is 8.19. The van der Waals surface area contributed by atoms with Gasteiger partial charge in [-0.3, -0.25) is 4.79 Å². The van der Waals surface area contributed by atoms with Crippen LogP contribution in [0.2, 0.25) is 0 Å². The van der Waals surface area contributed by atoms with Gasteiger partial charge in [-0.1, -0.05) is 0 Å². The van der Waals surface area contributed by atoms with E-state index in [1.54, 1.807) is 19.2 Å². The molecule has 1 heterocycles. The number of hydrogen-bond donors (Lipinski definition) is 0. The second-order valence-corrected chi connectivity index (χ2v) is 4.08. The predicted octanol–water partition coefficient (Wildman–Crippen LogP) is 2.04. The largest absolute Gasteiger partial charge is 0.444 e. The van der Waals surface area contributed by atoms with E-state index in [9.17, 15) is 4.79 Å². The summed E-state index contributed by atoms with van der Waals surface area (Å²) in [6, 6.07) is 5.27. The van der Waals surface area contributed by atoms with Crippen molar-refractivity contribution in [1.82, 2.24) is 4.90 Å². The van der Waals surface area contributed by atoms with Crippen molar-refractivity contribution < 1.29 is 13.9 Å². The Hall–Kier alpha value is -1.32. The third-order valence-corrected chi connectivity index (χ3v) is 2.56. The molecule has 0 saturated carbocycles. The van der Waals surface area contributed by atoms with Crippen molar-refractivity contribution in [2.45, 2.75) is 6.42 Å². The molecule has 0 N–H and O–H groups in total. The molecular formula is C11H13BrN2O3. The maximum Gasteiger partial charge on any atom is 0.289 e. The van der Waals surface area contributed by atoms with Crippen LogP contribution in [0.1, 0.15) is 17.0 Å². The minimum Gasteiger partial charge on any atom is -0.444 e. The van der Waals surface area contributed by atoms with E-state index in [1.165, 1.54) is 4.90 Å². The van der Waals surface area contributed by atoms with E-state index in [1.807, 2.05) is 6.07 Å². The van der Waals surface area contributed by atoms with Crippen LogP contribution in [0.3, 0.4) is 0 Å². The van der Waals surface area contributed by atoms with Crippen LogP contribution in [0.25, 0.3) is 0 Å². The monoisotopic (exact) mass is 300 g/mol. The van der Waals surface area contributed by atoms with Crippen LogP contribution in [0, 0.1) is 11.3 Å². The van der Waals surface area contributed by atoms with E-state index >= 15 is 0 Å². The number of hydrogen-bond acceptors (Lipinski definition) is 4. The number of ether oxygens (including phenoxy) is 1. The van der Waals surface area contributed by atoms with Crippen LogP contribution in [-0.4, -0.2) is 37.6 Å². The van der Waals surface area contributed by atoms with Gasteiger partial charge in [0.2, 0.25) is 0 Å². The van der Waals surface area contributed by atoms with Gasteiger partial charge in [0.05, 0.1) is 19.1 Å². The van der Waals surface area contributed by atoms with Crippen molar-refractivity contribution in [3.8, 4) is 6.07 Å². The third kappa shape index (κ3) is 4.21. The SMILES string of the molecule is COCCN(CCC#N)C(=O)c1ccc(Br)o1. The first-order valence-electron chi connectivity index (χ1n) is 5.09. The molecule has 1 aromatic heterocycles. The number of rotatable bonds is 6. The number of carbonyl (C=O) groups excluding carboxylic acids is 1. The summed E-state index contributed by atoms with van der Waals surface area (Å²) >= 11 is 3.14. The standard InChI is InChI=1S/C11H13BrN2O3/c1-16-8-7-14(6-2-5-13)11(15)9-3-4-10(12)17-9/h3-4H,2,6-8H2,1H3. The smallest absolute Gasteiger partial charge is 0.289 e. The molecule has 0 bridgehead atoms. The minimum absolute atomic E-state index is 0.233. The molecular weight excluding hydrogens is 288 g/mol. The number of furan rings is 1. The molecule has 5 nitrogen and oxygen atoms in total. The minimum atomic E-state index is -0.233. The van der Waals surface area contributed by atoms with Gasteiger partial charge in [0.1, 0.15) is 0 Å². The fourth-order valence-electron chi connectivity index (χ4n) is 1.29. The maximum atomic E-state index is 12.0. The summed E-state index contributed by atoms with van der Waals surface area (Å²) in [6.07, 6.45) is 0.289. The highest BCUT2D eigenvalue weighted by atomic mass is 79.9. The first kappa shape index (κ1) is 13.7. The molecule has 1 aromatic rings. The fraction of sp³-hybridized carbons (Fsp3) is 0.455. The van der Waals surface area contributed by atoms with Gasteiger partial charge in [-0.05, 0) is 28.1 Å². The van der Waals surface area contributed by atoms with E-state index in [2.05, 4.69) is 15.9 Å². The third-order valence-electron chi connectivity index (χ3n) is 2.13. The van der Waals surface area contributed by atoms with Gasteiger partial charge < -0.3 is 14.1 Å². The highest BCUT2D eigenvalue weighted by molar-refractivity contribution is 9.10. The van der Waals surface area contributed by atoms with E-state index < -0.39 is 0 Å². The van der Waals surface area contributed by atoms with Gasteiger partial charge in [0, 0.05) is 20.2 Å². The Balaban J connectivity index is 2.68. The molecule has 0 unspecified atom stereocenters. The summed E-state index contributed by atoms with van der Waals surface area (Å²) in [4.78, 5) is 13.6. The lowest BCUT2D eigenvalue weighted by atomic mass is 10.3. The second kappa shape index (κ2) is 7.09. The molecule has 0 saturated heterocycles. The summed E-state index contributed by atoms with van der Waals surface area (Å²) in [5, 5.41) is 8.55.